The third-order valence-electron chi connectivity index (χ3n) is 4.46. The van der Waals surface area contributed by atoms with Crippen molar-refractivity contribution >= 4 is 9.84 Å². The number of aromatic nitrogens is 2. The highest BCUT2D eigenvalue weighted by molar-refractivity contribution is 7.92. The Labute approximate surface area is 139 Å². The summed E-state index contributed by atoms with van der Waals surface area (Å²) in [5, 5.41) is 3.98. The van der Waals surface area contributed by atoms with Crippen molar-refractivity contribution in [1.82, 2.24) is 10.1 Å². The predicted octanol–water partition coefficient (Wildman–Crippen LogP) is 2.95. The summed E-state index contributed by atoms with van der Waals surface area (Å²) < 4.78 is 33.8. The van der Waals surface area contributed by atoms with Crippen molar-refractivity contribution < 1.29 is 17.4 Å². The van der Waals surface area contributed by atoms with E-state index >= 15 is 0 Å². The van der Waals surface area contributed by atoms with Gasteiger partial charge in [0.1, 0.15) is 5.76 Å². The second-order valence-electron chi connectivity index (χ2n) is 6.11. The number of rotatable bonds is 5. The van der Waals surface area contributed by atoms with Gasteiger partial charge in [-0.3, -0.25) is 0 Å². The van der Waals surface area contributed by atoms with Crippen molar-refractivity contribution in [2.45, 2.75) is 24.0 Å². The van der Waals surface area contributed by atoms with E-state index in [9.17, 15) is 8.42 Å². The minimum Gasteiger partial charge on any atom is -0.469 e. The third-order valence-corrected chi connectivity index (χ3v) is 6.52. The summed E-state index contributed by atoms with van der Waals surface area (Å²) in [5.41, 5.74) is 1.62. The van der Waals surface area contributed by atoms with Crippen LogP contribution in [-0.4, -0.2) is 24.8 Å². The summed E-state index contributed by atoms with van der Waals surface area (Å²) in [6.45, 7) is 0. The molecule has 0 unspecified atom stereocenters. The topological polar surface area (TPSA) is 86.2 Å². The van der Waals surface area contributed by atoms with Gasteiger partial charge < -0.3 is 8.94 Å². The molecule has 124 valence electrons. The van der Waals surface area contributed by atoms with Gasteiger partial charge in [-0.2, -0.15) is 4.98 Å². The SMILES string of the molecule is CS(=O)(=O)C1(c2ccc(-c3noc(Cc4ccco4)n3)cc2)CC1. The van der Waals surface area contributed by atoms with Crippen LogP contribution in [0, 0.1) is 0 Å². The van der Waals surface area contributed by atoms with Crippen LogP contribution in [0.3, 0.4) is 0 Å². The fraction of sp³-hybridized carbons (Fsp3) is 0.294. The fourth-order valence-corrected chi connectivity index (χ4v) is 4.32. The van der Waals surface area contributed by atoms with Gasteiger partial charge in [0.2, 0.25) is 11.7 Å². The summed E-state index contributed by atoms with van der Waals surface area (Å²) in [6.07, 6.45) is 4.70. The van der Waals surface area contributed by atoms with E-state index in [0.717, 1.165) is 16.9 Å². The van der Waals surface area contributed by atoms with Crippen LogP contribution in [0.1, 0.15) is 30.1 Å². The van der Waals surface area contributed by atoms with Gasteiger partial charge in [-0.1, -0.05) is 29.4 Å². The molecule has 24 heavy (non-hydrogen) atoms. The summed E-state index contributed by atoms with van der Waals surface area (Å²) >= 11 is 0. The van der Waals surface area contributed by atoms with Gasteiger partial charge in [-0.15, -0.1) is 0 Å². The first-order valence-electron chi connectivity index (χ1n) is 7.63. The molecule has 0 aliphatic heterocycles. The molecule has 2 heterocycles. The lowest BCUT2D eigenvalue weighted by Crippen LogP contribution is -2.19. The van der Waals surface area contributed by atoms with Gasteiger partial charge in [-0.05, 0) is 30.5 Å². The molecule has 1 aromatic carbocycles. The van der Waals surface area contributed by atoms with Crippen molar-refractivity contribution in [1.29, 1.82) is 0 Å². The van der Waals surface area contributed by atoms with Crippen molar-refractivity contribution in [3.63, 3.8) is 0 Å². The zero-order chi connectivity index (χ0) is 16.8. The summed E-state index contributed by atoms with van der Waals surface area (Å²) in [7, 11) is -3.11. The molecule has 0 radical (unpaired) electrons. The van der Waals surface area contributed by atoms with Crippen LogP contribution in [0.15, 0.2) is 51.6 Å². The molecule has 7 heteroatoms. The quantitative estimate of drug-likeness (QED) is 0.707. The minimum atomic E-state index is -3.11. The molecule has 2 aromatic heterocycles. The Bertz CT molecular complexity index is 952. The number of hydrogen-bond donors (Lipinski definition) is 0. The van der Waals surface area contributed by atoms with Crippen LogP contribution < -0.4 is 0 Å². The maximum absolute atomic E-state index is 12.0. The van der Waals surface area contributed by atoms with E-state index in [1.54, 1.807) is 12.3 Å². The molecule has 0 saturated heterocycles. The highest BCUT2D eigenvalue weighted by Crippen LogP contribution is 2.52. The lowest BCUT2D eigenvalue weighted by atomic mass is 10.1. The average molecular weight is 344 g/mol. The number of nitrogens with zero attached hydrogens (tertiary/aromatic N) is 2. The molecular formula is C17H16N2O4S. The minimum absolute atomic E-state index is 0.440. The highest BCUT2D eigenvalue weighted by Gasteiger charge is 2.53. The molecule has 1 aliphatic rings. The molecule has 1 aliphatic carbocycles. The molecule has 0 bridgehead atoms. The largest absolute Gasteiger partial charge is 0.469 e. The van der Waals surface area contributed by atoms with Crippen LogP contribution in [0.25, 0.3) is 11.4 Å². The average Bonchev–Trinajstić information content (AvgIpc) is 3.00. The summed E-state index contributed by atoms with van der Waals surface area (Å²) in [4.78, 5) is 4.36. The number of benzene rings is 1. The van der Waals surface area contributed by atoms with Crippen molar-refractivity contribution in [3.8, 4) is 11.4 Å². The van der Waals surface area contributed by atoms with E-state index in [4.69, 9.17) is 8.94 Å². The molecular weight excluding hydrogens is 328 g/mol. The molecule has 3 aromatic rings. The maximum atomic E-state index is 12.0. The van der Waals surface area contributed by atoms with E-state index in [1.165, 1.54) is 6.26 Å². The Hall–Kier alpha value is -2.41. The Kier molecular flexibility index (Phi) is 3.35. The predicted molar refractivity (Wildman–Crippen MR) is 87.0 cm³/mol. The molecule has 6 nitrogen and oxygen atoms in total. The van der Waals surface area contributed by atoms with E-state index in [0.29, 0.717) is 31.0 Å². The van der Waals surface area contributed by atoms with Gasteiger partial charge in [0.15, 0.2) is 9.84 Å². The van der Waals surface area contributed by atoms with Crippen LogP contribution in [0.2, 0.25) is 0 Å². The van der Waals surface area contributed by atoms with E-state index < -0.39 is 14.6 Å². The Morgan fingerprint density at radius 1 is 1.17 bits per heavy atom. The lowest BCUT2D eigenvalue weighted by Gasteiger charge is -2.13. The highest BCUT2D eigenvalue weighted by atomic mass is 32.2. The fourth-order valence-electron chi connectivity index (χ4n) is 2.92. The second-order valence-corrected chi connectivity index (χ2v) is 8.44. The van der Waals surface area contributed by atoms with Crippen LogP contribution >= 0.6 is 0 Å². The van der Waals surface area contributed by atoms with E-state index in [-0.39, 0.29) is 0 Å². The van der Waals surface area contributed by atoms with Gasteiger partial charge in [0.25, 0.3) is 0 Å². The van der Waals surface area contributed by atoms with Gasteiger partial charge in [0, 0.05) is 11.8 Å². The molecule has 0 amide bonds. The molecule has 0 atom stereocenters. The first-order chi connectivity index (χ1) is 11.5. The third kappa shape index (κ3) is 2.54. The Morgan fingerprint density at radius 3 is 2.50 bits per heavy atom. The Morgan fingerprint density at radius 2 is 1.92 bits per heavy atom. The smallest absolute Gasteiger partial charge is 0.234 e. The molecule has 1 fully saturated rings. The summed E-state index contributed by atoms with van der Waals surface area (Å²) in [6, 6.07) is 11.0. The van der Waals surface area contributed by atoms with Crippen molar-refractivity contribution in [3.05, 3.63) is 59.9 Å². The first kappa shape index (κ1) is 15.1. The lowest BCUT2D eigenvalue weighted by molar-refractivity contribution is 0.375. The number of sulfone groups is 1. The second kappa shape index (κ2) is 5.31. The zero-order valence-electron chi connectivity index (χ0n) is 13.1. The van der Waals surface area contributed by atoms with Gasteiger partial charge in [-0.25, -0.2) is 8.42 Å². The number of furan rings is 1. The molecule has 1 saturated carbocycles. The normalized spacial score (nSPS) is 16.2. The van der Waals surface area contributed by atoms with Crippen molar-refractivity contribution in [2.75, 3.05) is 6.26 Å². The van der Waals surface area contributed by atoms with Crippen LogP contribution in [-0.2, 0) is 21.0 Å². The van der Waals surface area contributed by atoms with E-state index in [1.807, 2.05) is 30.3 Å². The molecule has 0 N–H and O–H groups in total. The molecule has 0 spiro atoms. The van der Waals surface area contributed by atoms with Crippen LogP contribution in [0.4, 0.5) is 0 Å². The number of hydrogen-bond acceptors (Lipinski definition) is 6. The first-order valence-corrected chi connectivity index (χ1v) is 9.53. The molecule has 4 rings (SSSR count). The van der Waals surface area contributed by atoms with E-state index in [2.05, 4.69) is 10.1 Å². The van der Waals surface area contributed by atoms with Crippen molar-refractivity contribution in [2.24, 2.45) is 0 Å². The van der Waals surface area contributed by atoms with Gasteiger partial charge in [0.05, 0.1) is 17.4 Å². The monoisotopic (exact) mass is 344 g/mol. The maximum Gasteiger partial charge on any atom is 0.234 e. The zero-order valence-corrected chi connectivity index (χ0v) is 13.9. The van der Waals surface area contributed by atoms with Gasteiger partial charge >= 0.3 is 0 Å². The summed E-state index contributed by atoms with van der Waals surface area (Å²) in [5.74, 6) is 1.70. The standard InChI is InChI=1S/C17H16N2O4S/c1-24(20,21)17(8-9-17)13-6-4-12(5-7-13)16-18-15(23-19-16)11-14-3-2-10-22-14/h2-7,10H,8-9,11H2,1H3. The Balaban J connectivity index is 1.57. The van der Waals surface area contributed by atoms with Crippen LogP contribution in [0.5, 0.6) is 0 Å².